The molecule has 0 aliphatic heterocycles. The molecule has 28 heavy (non-hydrogen) atoms. The van der Waals surface area contributed by atoms with Gasteiger partial charge in [0.2, 0.25) is 10.0 Å². The van der Waals surface area contributed by atoms with Crippen molar-refractivity contribution in [3.8, 4) is 0 Å². The van der Waals surface area contributed by atoms with Crippen molar-refractivity contribution in [1.82, 2.24) is 9.71 Å². The van der Waals surface area contributed by atoms with Gasteiger partial charge in [-0.15, -0.1) is 12.4 Å². The molecule has 8 heteroatoms. The number of carboxylic acid groups (broad SMARTS) is 1. The van der Waals surface area contributed by atoms with E-state index in [1.807, 2.05) is 19.1 Å². The topological polar surface area (TPSA) is 96.4 Å². The standard InChI is InChI=1S/C20H26N2O4S.ClH/c1-16-9-11-19(12-10-16)27(25,26)22-15-18(17-7-5-13-21-14-17)6-3-2-4-8-20(23)24;/h5,7,9-14,18,22H,2-4,6,8,15H2,1H3,(H,23,24);1H. The zero-order valence-corrected chi connectivity index (χ0v) is 17.5. The Morgan fingerprint density at radius 3 is 2.46 bits per heavy atom. The Labute approximate surface area is 172 Å². The van der Waals surface area contributed by atoms with E-state index in [9.17, 15) is 13.2 Å². The molecule has 1 aromatic carbocycles. The van der Waals surface area contributed by atoms with Gasteiger partial charge >= 0.3 is 5.97 Å². The molecular formula is C20H27ClN2O4S. The number of unbranched alkanes of at least 4 members (excludes halogenated alkanes) is 2. The lowest BCUT2D eigenvalue weighted by Crippen LogP contribution is -2.28. The Kier molecular flexibility index (Phi) is 10.1. The number of halogens is 1. The van der Waals surface area contributed by atoms with Crippen molar-refractivity contribution < 1.29 is 18.3 Å². The van der Waals surface area contributed by atoms with Crippen LogP contribution in [0.2, 0.25) is 0 Å². The van der Waals surface area contributed by atoms with Crippen LogP contribution >= 0.6 is 12.4 Å². The zero-order chi connectivity index (χ0) is 19.7. The van der Waals surface area contributed by atoms with Gasteiger partial charge in [-0.2, -0.15) is 0 Å². The number of hydrogen-bond acceptors (Lipinski definition) is 4. The van der Waals surface area contributed by atoms with Gasteiger partial charge in [0.1, 0.15) is 0 Å². The molecule has 154 valence electrons. The molecule has 0 spiro atoms. The van der Waals surface area contributed by atoms with Crippen LogP contribution in [-0.4, -0.2) is 31.0 Å². The summed E-state index contributed by atoms with van der Waals surface area (Å²) in [6.07, 6.45) is 6.63. The molecule has 0 saturated heterocycles. The number of hydrogen-bond donors (Lipinski definition) is 2. The minimum absolute atomic E-state index is 0. The normalized spacial score (nSPS) is 12.2. The highest BCUT2D eigenvalue weighted by atomic mass is 35.5. The minimum atomic E-state index is -3.57. The Morgan fingerprint density at radius 2 is 1.86 bits per heavy atom. The van der Waals surface area contributed by atoms with E-state index in [1.54, 1.807) is 36.7 Å². The predicted octanol–water partition coefficient (Wildman–Crippen LogP) is 3.91. The second-order valence-corrected chi connectivity index (χ2v) is 8.41. The van der Waals surface area contributed by atoms with E-state index in [-0.39, 0.29) is 36.2 Å². The van der Waals surface area contributed by atoms with Crippen LogP contribution in [0.15, 0.2) is 53.7 Å². The fourth-order valence-corrected chi connectivity index (χ4v) is 3.94. The first-order chi connectivity index (χ1) is 12.9. The molecule has 0 fully saturated rings. The molecule has 2 rings (SSSR count). The monoisotopic (exact) mass is 426 g/mol. The second kappa shape index (κ2) is 11.8. The number of carbonyl (C=O) groups is 1. The van der Waals surface area contributed by atoms with Crippen molar-refractivity contribution in [2.45, 2.75) is 49.8 Å². The second-order valence-electron chi connectivity index (χ2n) is 6.64. The molecule has 6 nitrogen and oxygen atoms in total. The maximum absolute atomic E-state index is 12.5. The number of benzene rings is 1. The van der Waals surface area contributed by atoms with Crippen LogP contribution in [0.1, 0.15) is 49.1 Å². The number of aliphatic carboxylic acids is 1. The van der Waals surface area contributed by atoms with Gasteiger partial charge < -0.3 is 5.11 Å². The van der Waals surface area contributed by atoms with E-state index in [0.29, 0.717) is 6.42 Å². The Bertz CT molecular complexity index is 827. The van der Waals surface area contributed by atoms with E-state index < -0.39 is 16.0 Å². The van der Waals surface area contributed by atoms with Crippen molar-refractivity contribution in [1.29, 1.82) is 0 Å². The number of nitrogens with one attached hydrogen (secondary N) is 1. The summed E-state index contributed by atoms with van der Waals surface area (Å²) in [5.74, 6) is -0.798. The summed E-state index contributed by atoms with van der Waals surface area (Å²) in [6, 6.07) is 10.5. The minimum Gasteiger partial charge on any atom is -0.481 e. The molecule has 2 N–H and O–H groups in total. The molecule has 1 heterocycles. The maximum atomic E-state index is 12.5. The van der Waals surface area contributed by atoms with Gasteiger partial charge in [-0.3, -0.25) is 9.78 Å². The molecule has 1 aromatic heterocycles. The van der Waals surface area contributed by atoms with Crippen LogP contribution < -0.4 is 4.72 Å². The molecule has 1 unspecified atom stereocenters. The molecule has 2 aromatic rings. The number of nitrogens with zero attached hydrogens (tertiary/aromatic N) is 1. The summed E-state index contributed by atoms with van der Waals surface area (Å²) in [5.41, 5.74) is 1.98. The molecular weight excluding hydrogens is 400 g/mol. The van der Waals surface area contributed by atoms with Gasteiger partial charge in [0.05, 0.1) is 4.90 Å². The van der Waals surface area contributed by atoms with Crippen molar-refractivity contribution in [3.63, 3.8) is 0 Å². The van der Waals surface area contributed by atoms with Gasteiger partial charge in [0.25, 0.3) is 0 Å². The van der Waals surface area contributed by atoms with E-state index in [1.165, 1.54) is 0 Å². The fraction of sp³-hybridized carbons (Fsp3) is 0.400. The van der Waals surface area contributed by atoms with Gasteiger partial charge in [-0.05, 0) is 49.4 Å². The zero-order valence-electron chi connectivity index (χ0n) is 15.9. The summed E-state index contributed by atoms with van der Waals surface area (Å²) >= 11 is 0. The first-order valence-electron chi connectivity index (χ1n) is 9.06. The van der Waals surface area contributed by atoms with Gasteiger partial charge in [-0.1, -0.05) is 36.6 Å². The van der Waals surface area contributed by atoms with Crippen LogP contribution in [-0.2, 0) is 14.8 Å². The molecule has 0 amide bonds. The number of aryl methyl sites for hydroxylation is 1. The first kappa shape index (κ1) is 24.1. The third-order valence-electron chi connectivity index (χ3n) is 4.45. The summed E-state index contributed by atoms with van der Waals surface area (Å²) in [4.78, 5) is 15.0. The Balaban J connectivity index is 0.00000392. The predicted molar refractivity (Wildman–Crippen MR) is 111 cm³/mol. The fourth-order valence-electron chi connectivity index (χ4n) is 2.86. The molecule has 0 radical (unpaired) electrons. The lowest BCUT2D eigenvalue weighted by Gasteiger charge is -2.18. The van der Waals surface area contributed by atoms with Crippen molar-refractivity contribution in [3.05, 3.63) is 59.9 Å². The molecule has 1 atom stereocenters. The highest BCUT2D eigenvalue weighted by Gasteiger charge is 2.18. The number of aromatic nitrogens is 1. The van der Waals surface area contributed by atoms with Gasteiger partial charge in [0.15, 0.2) is 0 Å². The average Bonchev–Trinajstić information content (AvgIpc) is 2.64. The highest BCUT2D eigenvalue weighted by Crippen LogP contribution is 2.22. The maximum Gasteiger partial charge on any atom is 0.303 e. The quantitative estimate of drug-likeness (QED) is 0.531. The van der Waals surface area contributed by atoms with Crippen LogP contribution in [0.25, 0.3) is 0 Å². The van der Waals surface area contributed by atoms with Gasteiger partial charge in [0, 0.05) is 25.4 Å². The molecule has 0 bridgehead atoms. The van der Waals surface area contributed by atoms with E-state index in [0.717, 1.165) is 30.4 Å². The number of sulfonamides is 1. The Morgan fingerprint density at radius 1 is 1.14 bits per heavy atom. The van der Waals surface area contributed by atoms with Crippen LogP contribution in [0.4, 0.5) is 0 Å². The molecule has 0 saturated carbocycles. The number of rotatable bonds is 11. The van der Waals surface area contributed by atoms with E-state index in [4.69, 9.17) is 5.11 Å². The summed E-state index contributed by atoms with van der Waals surface area (Å²) in [5, 5.41) is 8.71. The Hall–Kier alpha value is -1.96. The van der Waals surface area contributed by atoms with E-state index in [2.05, 4.69) is 9.71 Å². The lowest BCUT2D eigenvalue weighted by molar-refractivity contribution is -0.137. The highest BCUT2D eigenvalue weighted by molar-refractivity contribution is 7.89. The molecule has 0 aliphatic rings. The smallest absolute Gasteiger partial charge is 0.303 e. The van der Waals surface area contributed by atoms with Crippen LogP contribution in [0.3, 0.4) is 0 Å². The van der Waals surface area contributed by atoms with Crippen molar-refractivity contribution in [2.24, 2.45) is 0 Å². The number of pyridine rings is 1. The number of carboxylic acids is 1. The summed E-state index contributed by atoms with van der Waals surface area (Å²) in [6.45, 7) is 2.19. The van der Waals surface area contributed by atoms with Crippen molar-refractivity contribution >= 4 is 28.4 Å². The molecule has 0 aliphatic carbocycles. The third-order valence-corrected chi connectivity index (χ3v) is 5.89. The van der Waals surface area contributed by atoms with Crippen LogP contribution in [0.5, 0.6) is 0 Å². The lowest BCUT2D eigenvalue weighted by atomic mass is 9.94. The first-order valence-corrected chi connectivity index (χ1v) is 10.5. The van der Waals surface area contributed by atoms with Crippen molar-refractivity contribution in [2.75, 3.05) is 6.54 Å². The summed E-state index contributed by atoms with van der Waals surface area (Å²) < 4.78 is 27.8. The average molecular weight is 427 g/mol. The third kappa shape index (κ3) is 7.96. The summed E-state index contributed by atoms with van der Waals surface area (Å²) in [7, 11) is -3.57. The van der Waals surface area contributed by atoms with E-state index >= 15 is 0 Å². The van der Waals surface area contributed by atoms with Gasteiger partial charge in [-0.25, -0.2) is 13.1 Å². The SMILES string of the molecule is Cc1ccc(S(=O)(=O)NCC(CCCCCC(=O)O)c2cccnc2)cc1.Cl. The largest absolute Gasteiger partial charge is 0.481 e. The van der Waals surface area contributed by atoms with Crippen LogP contribution in [0, 0.1) is 6.92 Å².